The maximum atomic E-state index is 13.5. The number of methoxy groups -OCH3 is 1. The van der Waals surface area contributed by atoms with Crippen LogP contribution in [0.4, 0.5) is 5.69 Å². The summed E-state index contributed by atoms with van der Waals surface area (Å²) < 4.78 is 12.2. The maximum Gasteiger partial charge on any atom is 0.338 e. The Morgan fingerprint density at radius 3 is 2.59 bits per heavy atom. The van der Waals surface area contributed by atoms with Gasteiger partial charge in [0.1, 0.15) is 16.3 Å². The van der Waals surface area contributed by atoms with Gasteiger partial charge in [-0.2, -0.15) is 0 Å². The minimum absolute atomic E-state index is 0.191. The standard InChI is InChI=1S/C25H21N3O5S/c1-4-33-24(31)18-13(2)28-23(30)21(19-16-7-5-6-8-17(16)26-22(19)29)34-25(28)27-20(18)14-9-11-15(32-3)12-10-14/h5-12,20H,4H2,1-3H3,(H,26,29)/b21-19-/t20-/m1/s1. The van der Waals surface area contributed by atoms with E-state index in [2.05, 4.69) is 5.32 Å². The summed E-state index contributed by atoms with van der Waals surface area (Å²) in [5.41, 5.74) is 2.73. The average Bonchev–Trinajstić information content (AvgIpc) is 3.34. The van der Waals surface area contributed by atoms with Crippen molar-refractivity contribution in [2.75, 3.05) is 19.0 Å². The molecule has 0 fully saturated rings. The second-order valence-corrected chi connectivity index (χ2v) is 8.73. The third-order valence-corrected chi connectivity index (χ3v) is 6.90. The number of allylic oxidation sites excluding steroid dienone is 1. The van der Waals surface area contributed by atoms with Gasteiger partial charge in [-0.3, -0.25) is 14.2 Å². The molecule has 1 atom stereocenters. The fourth-order valence-electron chi connectivity index (χ4n) is 4.24. The molecule has 0 aliphatic carbocycles. The molecule has 3 aromatic rings. The molecule has 0 bridgehead atoms. The van der Waals surface area contributed by atoms with Crippen LogP contribution in [0, 0.1) is 0 Å². The molecule has 9 heteroatoms. The van der Waals surface area contributed by atoms with Gasteiger partial charge in [-0.05, 0) is 37.6 Å². The molecular weight excluding hydrogens is 454 g/mol. The van der Waals surface area contributed by atoms with Gasteiger partial charge < -0.3 is 14.8 Å². The third kappa shape index (κ3) is 3.36. The predicted octanol–water partition coefficient (Wildman–Crippen LogP) is 2.24. The number of rotatable bonds is 4. The normalized spacial score (nSPS) is 18.1. The first-order valence-electron chi connectivity index (χ1n) is 10.7. The molecule has 1 N–H and O–H groups in total. The van der Waals surface area contributed by atoms with E-state index in [1.165, 1.54) is 4.57 Å². The van der Waals surface area contributed by atoms with Gasteiger partial charge in [0.2, 0.25) is 0 Å². The van der Waals surface area contributed by atoms with Crippen molar-refractivity contribution in [3.8, 4) is 5.75 Å². The number of nitrogens with zero attached hydrogens (tertiary/aromatic N) is 2. The number of fused-ring (bicyclic) bond motifs is 2. The molecule has 0 unspecified atom stereocenters. The lowest BCUT2D eigenvalue weighted by Crippen LogP contribution is -2.36. The van der Waals surface area contributed by atoms with E-state index in [-0.39, 0.29) is 22.6 Å². The molecule has 5 rings (SSSR count). The summed E-state index contributed by atoms with van der Waals surface area (Å²) in [7, 11) is 1.58. The lowest BCUT2D eigenvalue weighted by molar-refractivity contribution is -0.138. The highest BCUT2D eigenvalue weighted by atomic mass is 32.1. The van der Waals surface area contributed by atoms with E-state index < -0.39 is 17.6 Å². The van der Waals surface area contributed by atoms with E-state index in [0.29, 0.717) is 33.1 Å². The Morgan fingerprint density at radius 1 is 1.15 bits per heavy atom. The highest BCUT2D eigenvalue weighted by Gasteiger charge is 2.33. The fourth-order valence-corrected chi connectivity index (χ4v) is 5.37. The minimum Gasteiger partial charge on any atom is -0.497 e. The Balaban J connectivity index is 1.79. The van der Waals surface area contributed by atoms with Crippen molar-refractivity contribution in [2.24, 2.45) is 4.99 Å². The van der Waals surface area contributed by atoms with Gasteiger partial charge in [0.25, 0.3) is 11.5 Å². The fraction of sp³-hybridized carbons (Fsp3) is 0.200. The number of para-hydroxylation sites is 1. The van der Waals surface area contributed by atoms with Crippen molar-refractivity contribution in [1.29, 1.82) is 0 Å². The predicted molar refractivity (Wildman–Crippen MR) is 128 cm³/mol. The quantitative estimate of drug-likeness (QED) is 0.584. The van der Waals surface area contributed by atoms with E-state index in [0.717, 1.165) is 16.9 Å². The highest BCUT2D eigenvalue weighted by Crippen LogP contribution is 2.33. The lowest BCUT2D eigenvalue weighted by Gasteiger charge is -2.22. The maximum absolute atomic E-state index is 13.5. The number of esters is 1. The van der Waals surface area contributed by atoms with Crippen LogP contribution in [-0.2, 0) is 14.3 Å². The van der Waals surface area contributed by atoms with Crippen LogP contribution >= 0.6 is 11.3 Å². The second kappa shape index (κ2) is 8.42. The number of aromatic nitrogens is 1. The monoisotopic (exact) mass is 475 g/mol. The zero-order valence-corrected chi connectivity index (χ0v) is 19.6. The first kappa shape index (κ1) is 21.8. The minimum atomic E-state index is -0.662. The summed E-state index contributed by atoms with van der Waals surface area (Å²) in [5.74, 6) is -0.196. The summed E-state index contributed by atoms with van der Waals surface area (Å²) in [6.45, 7) is 3.62. The van der Waals surface area contributed by atoms with E-state index in [9.17, 15) is 14.4 Å². The van der Waals surface area contributed by atoms with Crippen molar-refractivity contribution in [2.45, 2.75) is 19.9 Å². The van der Waals surface area contributed by atoms with E-state index in [1.54, 1.807) is 45.2 Å². The summed E-state index contributed by atoms with van der Waals surface area (Å²) in [4.78, 5) is 44.5. The molecule has 2 aromatic carbocycles. The lowest BCUT2D eigenvalue weighted by atomic mass is 9.96. The Hall–Kier alpha value is -3.98. The van der Waals surface area contributed by atoms with Crippen LogP contribution in [0.1, 0.15) is 31.0 Å². The molecule has 1 aromatic heterocycles. The number of amides is 1. The number of nitrogens with one attached hydrogen (secondary N) is 1. The number of thiazole rings is 1. The summed E-state index contributed by atoms with van der Waals surface area (Å²) in [5, 5.41) is 2.81. The summed E-state index contributed by atoms with van der Waals surface area (Å²) in [6.07, 6.45) is 0. The molecule has 2 aliphatic rings. The van der Waals surface area contributed by atoms with Gasteiger partial charge in [-0.25, -0.2) is 9.79 Å². The van der Waals surface area contributed by atoms with E-state index >= 15 is 0 Å². The zero-order chi connectivity index (χ0) is 24.0. The van der Waals surface area contributed by atoms with Crippen LogP contribution in [0.2, 0.25) is 0 Å². The molecule has 3 heterocycles. The van der Waals surface area contributed by atoms with Gasteiger partial charge in [0.05, 0.1) is 24.9 Å². The number of carbonyl (C=O) groups excluding carboxylic acids is 2. The molecule has 1 amide bonds. The number of ether oxygens (including phenoxy) is 2. The smallest absolute Gasteiger partial charge is 0.338 e. The zero-order valence-electron chi connectivity index (χ0n) is 18.7. The summed E-state index contributed by atoms with van der Waals surface area (Å²) >= 11 is 1.14. The van der Waals surface area contributed by atoms with E-state index in [1.807, 2.05) is 24.3 Å². The molecule has 172 valence electrons. The molecule has 0 radical (unpaired) electrons. The number of hydrogen-bond donors (Lipinski definition) is 1. The molecular formula is C25H21N3O5S. The Morgan fingerprint density at radius 2 is 1.88 bits per heavy atom. The van der Waals surface area contributed by atoms with Crippen LogP contribution < -0.4 is 24.9 Å². The van der Waals surface area contributed by atoms with Crippen molar-refractivity contribution in [3.63, 3.8) is 0 Å². The molecule has 8 nitrogen and oxygen atoms in total. The van der Waals surface area contributed by atoms with Gasteiger partial charge >= 0.3 is 5.97 Å². The second-order valence-electron chi connectivity index (χ2n) is 7.75. The number of anilines is 1. The van der Waals surface area contributed by atoms with Gasteiger partial charge in [-0.1, -0.05) is 41.7 Å². The molecule has 34 heavy (non-hydrogen) atoms. The molecule has 0 saturated carbocycles. The van der Waals surface area contributed by atoms with Gasteiger partial charge in [0, 0.05) is 16.9 Å². The van der Waals surface area contributed by atoms with Gasteiger partial charge in [0.15, 0.2) is 4.80 Å². The number of carbonyl (C=O) groups is 2. The van der Waals surface area contributed by atoms with Gasteiger partial charge in [-0.15, -0.1) is 0 Å². The Labute approximate surface area is 198 Å². The van der Waals surface area contributed by atoms with Crippen molar-refractivity contribution in [3.05, 3.63) is 84.9 Å². The Kier molecular flexibility index (Phi) is 5.41. The summed E-state index contributed by atoms with van der Waals surface area (Å²) in [6, 6.07) is 13.8. The molecule has 0 saturated heterocycles. The Bertz CT molecular complexity index is 1550. The highest BCUT2D eigenvalue weighted by molar-refractivity contribution is 7.07. The molecule has 2 aliphatic heterocycles. The first-order valence-corrected chi connectivity index (χ1v) is 11.5. The SMILES string of the molecule is CCOC(=O)C1=C(C)n2c(s/c(=C3\C(=O)Nc4ccccc43)c2=O)=N[C@@H]1c1ccc(OC)cc1. The van der Waals surface area contributed by atoms with Crippen molar-refractivity contribution >= 4 is 40.2 Å². The van der Waals surface area contributed by atoms with Crippen molar-refractivity contribution < 1.29 is 19.1 Å². The largest absolute Gasteiger partial charge is 0.497 e. The third-order valence-electron chi connectivity index (χ3n) is 5.85. The van der Waals surface area contributed by atoms with E-state index in [4.69, 9.17) is 14.5 Å². The topological polar surface area (TPSA) is 99.0 Å². The van der Waals surface area contributed by atoms with Crippen LogP contribution in [0.15, 0.2) is 63.9 Å². The van der Waals surface area contributed by atoms with Crippen LogP contribution in [0.5, 0.6) is 5.75 Å². The van der Waals surface area contributed by atoms with Crippen LogP contribution in [0.25, 0.3) is 11.3 Å². The first-order chi connectivity index (χ1) is 16.4. The number of hydrogen-bond acceptors (Lipinski definition) is 7. The average molecular weight is 476 g/mol. The van der Waals surface area contributed by atoms with Crippen molar-refractivity contribution in [1.82, 2.24) is 4.57 Å². The van der Waals surface area contributed by atoms with Crippen LogP contribution in [-0.4, -0.2) is 30.2 Å². The number of benzene rings is 2. The molecule has 0 spiro atoms. The van der Waals surface area contributed by atoms with Crippen LogP contribution in [0.3, 0.4) is 0 Å².